The van der Waals surface area contributed by atoms with Gasteiger partial charge in [-0.05, 0) is 19.3 Å². The van der Waals surface area contributed by atoms with Crippen molar-refractivity contribution in [2.75, 3.05) is 13.8 Å². The van der Waals surface area contributed by atoms with Crippen molar-refractivity contribution in [2.45, 2.75) is 64.2 Å². The van der Waals surface area contributed by atoms with E-state index in [1.54, 1.807) is 0 Å². The lowest BCUT2D eigenvalue weighted by Gasteiger charge is -2.00. The summed E-state index contributed by atoms with van der Waals surface area (Å²) in [5.74, 6) is -0.275. The van der Waals surface area contributed by atoms with E-state index in [0.29, 0.717) is 0 Å². The monoisotopic (exact) mass is 258 g/mol. The van der Waals surface area contributed by atoms with Crippen LogP contribution in [0.25, 0.3) is 0 Å². The molecular formula is C15H27FO2. The number of hydrogen-bond acceptors (Lipinski definition) is 2. The number of ether oxygens (including phenoxy) is 1. The lowest BCUT2D eigenvalue weighted by Crippen LogP contribution is -1.93. The molecule has 0 fully saturated rings. The number of carbonyl (C=O) groups excluding carboxylic acids is 1. The van der Waals surface area contributed by atoms with Crippen molar-refractivity contribution in [2.24, 2.45) is 0 Å². The number of unbranched alkanes of at least 4 members (excludes halogenated alkanes) is 9. The van der Waals surface area contributed by atoms with E-state index >= 15 is 0 Å². The summed E-state index contributed by atoms with van der Waals surface area (Å²) in [6.07, 6.45) is 14.6. The summed E-state index contributed by atoms with van der Waals surface area (Å²) >= 11 is 0. The van der Waals surface area contributed by atoms with E-state index in [4.69, 9.17) is 0 Å². The van der Waals surface area contributed by atoms with Crippen LogP contribution in [0.3, 0.4) is 0 Å². The molecule has 0 aliphatic carbocycles. The summed E-state index contributed by atoms with van der Waals surface area (Å²) in [4.78, 5) is 10.8. The van der Waals surface area contributed by atoms with Crippen molar-refractivity contribution < 1.29 is 13.9 Å². The van der Waals surface area contributed by atoms with E-state index in [0.717, 1.165) is 25.7 Å². The highest BCUT2D eigenvalue weighted by Gasteiger charge is 1.93. The summed E-state index contributed by atoms with van der Waals surface area (Å²) < 4.78 is 16.3. The van der Waals surface area contributed by atoms with Crippen LogP contribution in [0.4, 0.5) is 4.39 Å². The van der Waals surface area contributed by atoms with Gasteiger partial charge in [0.2, 0.25) is 0 Å². The van der Waals surface area contributed by atoms with Gasteiger partial charge in [-0.3, -0.25) is 4.39 Å². The maximum Gasteiger partial charge on any atom is 0.330 e. The fourth-order valence-electron chi connectivity index (χ4n) is 1.84. The number of methoxy groups -OCH3 is 1. The van der Waals surface area contributed by atoms with Gasteiger partial charge in [0.25, 0.3) is 0 Å². The highest BCUT2D eigenvalue weighted by atomic mass is 19.1. The first-order valence-electron chi connectivity index (χ1n) is 7.11. The van der Waals surface area contributed by atoms with Crippen molar-refractivity contribution >= 4 is 5.97 Å². The van der Waals surface area contributed by atoms with E-state index in [9.17, 15) is 9.18 Å². The minimum absolute atomic E-state index is 0.168. The first kappa shape index (κ1) is 17.1. The molecule has 0 heterocycles. The van der Waals surface area contributed by atoms with Crippen LogP contribution in [0.2, 0.25) is 0 Å². The Morgan fingerprint density at radius 3 is 1.94 bits per heavy atom. The molecule has 0 rings (SSSR count). The Bertz CT molecular complexity index is 215. The molecule has 0 bridgehead atoms. The summed E-state index contributed by atoms with van der Waals surface area (Å²) in [5, 5.41) is 0. The largest absolute Gasteiger partial charge is 0.466 e. The molecule has 0 aliphatic heterocycles. The molecule has 18 heavy (non-hydrogen) atoms. The van der Waals surface area contributed by atoms with Gasteiger partial charge in [0.05, 0.1) is 13.8 Å². The Labute approximate surface area is 111 Å². The number of halogens is 1. The molecule has 0 aromatic heterocycles. The quantitative estimate of drug-likeness (QED) is 0.291. The summed E-state index contributed by atoms with van der Waals surface area (Å²) in [5.41, 5.74) is 0. The van der Waals surface area contributed by atoms with E-state index in [1.807, 2.05) is 6.08 Å². The van der Waals surface area contributed by atoms with Gasteiger partial charge in [-0.2, -0.15) is 0 Å². The van der Waals surface area contributed by atoms with Gasteiger partial charge in [0.15, 0.2) is 0 Å². The van der Waals surface area contributed by atoms with Crippen LogP contribution in [0.5, 0.6) is 0 Å². The van der Waals surface area contributed by atoms with Gasteiger partial charge in [-0.15, -0.1) is 0 Å². The van der Waals surface area contributed by atoms with Crippen LogP contribution in [-0.4, -0.2) is 19.8 Å². The standard InChI is InChI=1S/C15H27FO2/c1-18-15(17)13-11-9-7-5-3-2-4-6-8-10-12-14-16/h11,13H,2-10,12,14H2,1H3. The van der Waals surface area contributed by atoms with Crippen LogP contribution in [0.15, 0.2) is 12.2 Å². The van der Waals surface area contributed by atoms with Crippen molar-refractivity contribution in [3.63, 3.8) is 0 Å². The third-order valence-corrected chi connectivity index (χ3v) is 2.96. The Morgan fingerprint density at radius 2 is 1.44 bits per heavy atom. The van der Waals surface area contributed by atoms with Gasteiger partial charge >= 0.3 is 5.97 Å². The smallest absolute Gasteiger partial charge is 0.330 e. The van der Waals surface area contributed by atoms with Crippen LogP contribution in [-0.2, 0) is 9.53 Å². The van der Waals surface area contributed by atoms with Gasteiger partial charge in [0.1, 0.15) is 0 Å². The highest BCUT2D eigenvalue weighted by molar-refractivity contribution is 5.81. The molecule has 0 saturated heterocycles. The average molecular weight is 258 g/mol. The number of alkyl halides is 1. The normalized spacial score (nSPS) is 11.0. The molecule has 2 nitrogen and oxygen atoms in total. The molecule has 0 atom stereocenters. The van der Waals surface area contributed by atoms with Gasteiger partial charge in [-0.1, -0.05) is 51.0 Å². The fourth-order valence-corrected chi connectivity index (χ4v) is 1.84. The van der Waals surface area contributed by atoms with Crippen LogP contribution < -0.4 is 0 Å². The zero-order chi connectivity index (χ0) is 13.5. The van der Waals surface area contributed by atoms with Crippen LogP contribution >= 0.6 is 0 Å². The van der Waals surface area contributed by atoms with Gasteiger partial charge in [-0.25, -0.2) is 4.79 Å². The summed E-state index contributed by atoms with van der Waals surface area (Å²) in [7, 11) is 1.39. The second-order valence-corrected chi connectivity index (χ2v) is 4.59. The first-order chi connectivity index (χ1) is 8.81. The van der Waals surface area contributed by atoms with Gasteiger partial charge in [0, 0.05) is 6.08 Å². The molecule has 0 unspecified atom stereocenters. The number of hydrogen-bond donors (Lipinski definition) is 0. The van der Waals surface area contributed by atoms with Crippen LogP contribution in [0.1, 0.15) is 64.2 Å². The third kappa shape index (κ3) is 13.2. The van der Waals surface area contributed by atoms with E-state index < -0.39 is 0 Å². The maximum atomic E-state index is 11.8. The summed E-state index contributed by atoms with van der Waals surface area (Å²) in [6, 6.07) is 0. The molecule has 0 N–H and O–H groups in total. The Balaban J connectivity index is 3.07. The van der Waals surface area contributed by atoms with Crippen molar-refractivity contribution in [1.29, 1.82) is 0 Å². The summed E-state index contributed by atoms with van der Waals surface area (Å²) in [6.45, 7) is -0.168. The molecule has 106 valence electrons. The SMILES string of the molecule is COC(=O)C=CCCCCCCCCCCCF. The maximum absolute atomic E-state index is 11.8. The van der Waals surface area contributed by atoms with Crippen molar-refractivity contribution in [3.8, 4) is 0 Å². The molecule has 0 aromatic rings. The molecule has 0 radical (unpaired) electrons. The van der Waals surface area contributed by atoms with E-state index in [-0.39, 0.29) is 12.6 Å². The fraction of sp³-hybridized carbons (Fsp3) is 0.800. The highest BCUT2D eigenvalue weighted by Crippen LogP contribution is 2.10. The first-order valence-corrected chi connectivity index (χ1v) is 7.11. The number of allylic oxidation sites excluding steroid dienone is 1. The number of carbonyl (C=O) groups is 1. The zero-order valence-corrected chi connectivity index (χ0v) is 11.6. The van der Waals surface area contributed by atoms with E-state index in [1.165, 1.54) is 51.7 Å². The average Bonchev–Trinajstić information content (AvgIpc) is 2.39. The van der Waals surface area contributed by atoms with Crippen LogP contribution in [0, 0.1) is 0 Å². The molecule has 0 spiro atoms. The third-order valence-electron chi connectivity index (χ3n) is 2.96. The number of rotatable bonds is 12. The minimum Gasteiger partial charge on any atom is -0.466 e. The molecule has 3 heteroatoms. The number of esters is 1. The second kappa shape index (κ2) is 14.2. The molecule has 0 aliphatic rings. The van der Waals surface area contributed by atoms with Gasteiger partial charge < -0.3 is 4.74 Å². The predicted molar refractivity (Wildman–Crippen MR) is 73.3 cm³/mol. The second-order valence-electron chi connectivity index (χ2n) is 4.59. The topological polar surface area (TPSA) is 26.3 Å². The minimum atomic E-state index is -0.275. The Morgan fingerprint density at radius 1 is 0.944 bits per heavy atom. The zero-order valence-electron chi connectivity index (χ0n) is 11.6. The molecule has 0 amide bonds. The molecule has 0 saturated carbocycles. The van der Waals surface area contributed by atoms with E-state index in [2.05, 4.69) is 4.74 Å². The van der Waals surface area contributed by atoms with Crippen molar-refractivity contribution in [1.82, 2.24) is 0 Å². The predicted octanol–water partition coefficient (Wildman–Crippen LogP) is 4.59. The lowest BCUT2D eigenvalue weighted by molar-refractivity contribution is -0.134. The van der Waals surface area contributed by atoms with Crippen molar-refractivity contribution in [3.05, 3.63) is 12.2 Å². The lowest BCUT2D eigenvalue weighted by atomic mass is 10.1. The Hall–Kier alpha value is -0.860. The molecule has 0 aromatic carbocycles. The Kier molecular flexibility index (Phi) is 13.5. The molecular weight excluding hydrogens is 231 g/mol.